The molecule has 98 valence electrons. The Morgan fingerprint density at radius 2 is 2.17 bits per heavy atom. The highest BCUT2D eigenvalue weighted by molar-refractivity contribution is 7.99. The largest absolute Gasteiger partial charge is 0.372 e. The molecule has 2 fully saturated rings. The number of morpholine rings is 1. The van der Waals surface area contributed by atoms with Gasteiger partial charge < -0.3 is 10.1 Å². The van der Waals surface area contributed by atoms with Crippen molar-refractivity contribution >= 4 is 11.8 Å². The van der Waals surface area contributed by atoms with Crippen LogP contribution < -0.4 is 5.32 Å². The molecule has 0 aliphatic carbocycles. The molecule has 0 bridgehead atoms. The molecule has 4 heteroatoms. The minimum atomic E-state index is -0.166. The summed E-state index contributed by atoms with van der Waals surface area (Å²) in [5.41, 5.74) is 0.888. The van der Waals surface area contributed by atoms with Crippen molar-refractivity contribution in [1.29, 1.82) is 0 Å². The van der Waals surface area contributed by atoms with Crippen LogP contribution in [0.2, 0.25) is 0 Å². The van der Waals surface area contributed by atoms with E-state index >= 15 is 0 Å². The number of hydrogen-bond donors (Lipinski definition) is 1. The van der Waals surface area contributed by atoms with Crippen molar-refractivity contribution in [2.75, 3.05) is 24.7 Å². The monoisotopic (exact) mass is 267 g/mol. The van der Waals surface area contributed by atoms with Gasteiger partial charge in [0.05, 0.1) is 18.2 Å². The summed E-state index contributed by atoms with van der Waals surface area (Å²) in [5, 5.41) is 3.52. The van der Waals surface area contributed by atoms with Crippen LogP contribution >= 0.6 is 11.8 Å². The molecule has 1 unspecified atom stereocenters. The van der Waals surface area contributed by atoms with Crippen LogP contribution in [0.1, 0.15) is 24.4 Å². The number of benzene rings is 1. The van der Waals surface area contributed by atoms with E-state index in [2.05, 4.69) is 5.32 Å². The molecule has 2 aliphatic rings. The molecule has 3 rings (SSSR count). The smallest absolute Gasteiger partial charge is 0.123 e. The predicted molar refractivity (Wildman–Crippen MR) is 72.4 cm³/mol. The Hall–Kier alpha value is -0.580. The maximum Gasteiger partial charge on any atom is 0.123 e. The van der Waals surface area contributed by atoms with E-state index in [0.717, 1.165) is 43.1 Å². The lowest BCUT2D eigenvalue weighted by Gasteiger charge is -2.47. The van der Waals surface area contributed by atoms with Crippen molar-refractivity contribution in [1.82, 2.24) is 5.32 Å². The van der Waals surface area contributed by atoms with E-state index in [1.165, 1.54) is 6.07 Å². The van der Waals surface area contributed by atoms with E-state index in [4.69, 9.17) is 4.74 Å². The molecule has 1 aromatic carbocycles. The van der Waals surface area contributed by atoms with Crippen molar-refractivity contribution in [3.63, 3.8) is 0 Å². The lowest BCUT2D eigenvalue weighted by molar-refractivity contribution is -0.103. The molecule has 1 N–H and O–H groups in total. The number of thioether (sulfide) groups is 1. The van der Waals surface area contributed by atoms with Crippen molar-refractivity contribution in [2.45, 2.75) is 24.5 Å². The Morgan fingerprint density at radius 1 is 1.33 bits per heavy atom. The molecule has 1 atom stereocenters. The van der Waals surface area contributed by atoms with Gasteiger partial charge in [-0.25, -0.2) is 4.39 Å². The van der Waals surface area contributed by atoms with Crippen LogP contribution in [0.25, 0.3) is 0 Å². The highest BCUT2D eigenvalue weighted by Gasteiger charge is 2.43. The summed E-state index contributed by atoms with van der Waals surface area (Å²) in [6.07, 6.45) is 2.09. The normalized spacial score (nSPS) is 27.3. The zero-order valence-corrected chi connectivity index (χ0v) is 11.1. The molecule has 2 aliphatic heterocycles. The summed E-state index contributed by atoms with van der Waals surface area (Å²) >= 11 is 1.98. The van der Waals surface area contributed by atoms with Crippen LogP contribution in [0.4, 0.5) is 4.39 Å². The van der Waals surface area contributed by atoms with E-state index in [0.29, 0.717) is 0 Å². The lowest BCUT2D eigenvalue weighted by atomic mass is 9.82. The highest BCUT2D eigenvalue weighted by Crippen LogP contribution is 2.42. The third-order valence-electron chi connectivity index (χ3n) is 3.89. The Kier molecular flexibility index (Phi) is 3.59. The Labute approximate surface area is 111 Å². The standard InChI is InChI=1S/C14H18FNOS/c15-12-3-1-2-11(10-12)13-14(17-7-6-16-13)4-8-18-9-5-14/h1-3,10,13,16H,4-9H2. The number of nitrogens with one attached hydrogen (secondary N) is 1. The Bertz CT molecular complexity index is 412. The second kappa shape index (κ2) is 5.19. The molecule has 18 heavy (non-hydrogen) atoms. The SMILES string of the molecule is Fc1cccc(C2NCCOC23CCSCC3)c1. The highest BCUT2D eigenvalue weighted by atomic mass is 32.2. The zero-order chi connectivity index (χ0) is 12.4. The fourth-order valence-electron chi connectivity index (χ4n) is 2.98. The summed E-state index contributed by atoms with van der Waals surface area (Å²) in [7, 11) is 0. The van der Waals surface area contributed by atoms with Gasteiger partial charge in [0.1, 0.15) is 5.82 Å². The quantitative estimate of drug-likeness (QED) is 0.845. The zero-order valence-electron chi connectivity index (χ0n) is 10.3. The van der Waals surface area contributed by atoms with Gasteiger partial charge in [0.25, 0.3) is 0 Å². The molecule has 1 spiro atoms. The van der Waals surface area contributed by atoms with Gasteiger partial charge in [-0.1, -0.05) is 12.1 Å². The minimum absolute atomic E-state index is 0.128. The summed E-state index contributed by atoms with van der Waals surface area (Å²) in [6.45, 7) is 1.60. The minimum Gasteiger partial charge on any atom is -0.372 e. The van der Waals surface area contributed by atoms with Crippen molar-refractivity contribution in [3.8, 4) is 0 Å². The van der Waals surface area contributed by atoms with Gasteiger partial charge in [-0.05, 0) is 42.0 Å². The van der Waals surface area contributed by atoms with Gasteiger partial charge >= 0.3 is 0 Å². The first-order chi connectivity index (χ1) is 8.80. The van der Waals surface area contributed by atoms with Crippen LogP contribution in [-0.2, 0) is 4.74 Å². The molecule has 0 radical (unpaired) electrons. The van der Waals surface area contributed by atoms with Gasteiger partial charge in [-0.3, -0.25) is 0 Å². The van der Waals surface area contributed by atoms with Crippen molar-refractivity contribution < 1.29 is 9.13 Å². The van der Waals surface area contributed by atoms with E-state index < -0.39 is 0 Å². The van der Waals surface area contributed by atoms with E-state index in [1.807, 2.05) is 17.8 Å². The van der Waals surface area contributed by atoms with E-state index in [1.54, 1.807) is 12.1 Å². The van der Waals surface area contributed by atoms with Gasteiger partial charge in [0, 0.05) is 6.54 Å². The lowest BCUT2D eigenvalue weighted by Crippen LogP contribution is -2.54. The first-order valence-corrected chi connectivity index (χ1v) is 7.66. The molecule has 0 saturated carbocycles. The van der Waals surface area contributed by atoms with Crippen molar-refractivity contribution in [3.05, 3.63) is 35.6 Å². The van der Waals surface area contributed by atoms with Crippen LogP contribution in [0.5, 0.6) is 0 Å². The summed E-state index contributed by atoms with van der Waals surface area (Å²) in [5.74, 6) is 2.10. The first-order valence-electron chi connectivity index (χ1n) is 6.51. The Balaban J connectivity index is 1.91. The summed E-state index contributed by atoms with van der Waals surface area (Å²) in [6, 6.07) is 7.04. The average molecular weight is 267 g/mol. The third-order valence-corrected chi connectivity index (χ3v) is 4.87. The molecule has 2 nitrogen and oxygen atoms in total. The second-order valence-electron chi connectivity index (χ2n) is 4.97. The molecule has 0 amide bonds. The Morgan fingerprint density at radius 3 is 2.94 bits per heavy atom. The van der Waals surface area contributed by atoms with Gasteiger partial charge in [0.15, 0.2) is 0 Å². The fourth-order valence-corrected chi connectivity index (χ4v) is 4.17. The summed E-state index contributed by atoms with van der Waals surface area (Å²) < 4.78 is 19.5. The van der Waals surface area contributed by atoms with E-state index in [-0.39, 0.29) is 17.5 Å². The number of halogens is 1. The summed E-state index contributed by atoms with van der Waals surface area (Å²) in [4.78, 5) is 0. The van der Waals surface area contributed by atoms with Crippen molar-refractivity contribution in [2.24, 2.45) is 0 Å². The van der Waals surface area contributed by atoms with Crippen LogP contribution in [0.15, 0.2) is 24.3 Å². The number of ether oxygens (including phenoxy) is 1. The van der Waals surface area contributed by atoms with Gasteiger partial charge in [-0.2, -0.15) is 11.8 Å². The van der Waals surface area contributed by atoms with Gasteiger partial charge in [0.2, 0.25) is 0 Å². The maximum absolute atomic E-state index is 13.4. The molecular weight excluding hydrogens is 249 g/mol. The molecule has 2 saturated heterocycles. The average Bonchev–Trinajstić information content (AvgIpc) is 2.40. The molecular formula is C14H18FNOS. The number of rotatable bonds is 1. The van der Waals surface area contributed by atoms with Crippen LogP contribution in [0, 0.1) is 5.82 Å². The van der Waals surface area contributed by atoms with Gasteiger partial charge in [-0.15, -0.1) is 0 Å². The van der Waals surface area contributed by atoms with E-state index in [9.17, 15) is 4.39 Å². The predicted octanol–water partition coefficient (Wildman–Crippen LogP) is 2.75. The fraction of sp³-hybridized carbons (Fsp3) is 0.571. The first kappa shape index (κ1) is 12.5. The van der Waals surface area contributed by atoms with Crippen LogP contribution in [-0.4, -0.2) is 30.3 Å². The topological polar surface area (TPSA) is 21.3 Å². The number of hydrogen-bond acceptors (Lipinski definition) is 3. The third kappa shape index (κ3) is 2.29. The maximum atomic E-state index is 13.4. The molecule has 0 aromatic heterocycles. The molecule has 2 heterocycles. The molecule has 1 aromatic rings. The van der Waals surface area contributed by atoms with Crippen LogP contribution in [0.3, 0.4) is 0 Å². The second-order valence-corrected chi connectivity index (χ2v) is 6.19.